The number of rotatable bonds is 0. The first-order valence-corrected chi connectivity index (χ1v) is 8.00. The standard InChI is InChI=1S/4C6H6.2K/c4*1-2-4-6-5-3-1;;/h4*1-6H;;. The van der Waals surface area contributed by atoms with Gasteiger partial charge in [0, 0.05) is 103 Å². The molecular weight excluding hydrogens is 366 g/mol. The summed E-state index contributed by atoms with van der Waals surface area (Å²) in [6.07, 6.45) is 0. The molecule has 0 unspecified atom stereocenters. The Kier molecular flexibility index (Phi) is 27.4. The average molecular weight is 391 g/mol. The maximum atomic E-state index is 2.00. The summed E-state index contributed by atoms with van der Waals surface area (Å²) in [5, 5.41) is 0. The first-order chi connectivity index (χ1) is 12.0. The Hall–Kier alpha value is 0.153. The molecule has 0 heterocycles. The van der Waals surface area contributed by atoms with Crippen molar-refractivity contribution >= 4 is 103 Å². The zero-order valence-corrected chi connectivity index (χ0v) is 22.1. The molecule has 4 aromatic rings. The maximum absolute atomic E-state index is 2.00. The fraction of sp³-hybridized carbons (Fsp3) is 0. The Morgan fingerprint density at radius 1 is 0.115 bits per heavy atom. The van der Waals surface area contributed by atoms with Gasteiger partial charge < -0.3 is 0 Å². The molecule has 4 rings (SSSR count). The van der Waals surface area contributed by atoms with Crippen LogP contribution in [0.5, 0.6) is 0 Å². The van der Waals surface area contributed by atoms with Crippen LogP contribution >= 0.6 is 0 Å². The second kappa shape index (κ2) is 25.2. The molecule has 0 N–H and O–H groups in total. The summed E-state index contributed by atoms with van der Waals surface area (Å²) in [6.45, 7) is 0. The fourth-order valence-electron chi connectivity index (χ4n) is 1.54. The van der Waals surface area contributed by atoms with Crippen molar-refractivity contribution in [2.45, 2.75) is 0 Å². The van der Waals surface area contributed by atoms with E-state index in [1.54, 1.807) is 0 Å². The second-order valence-corrected chi connectivity index (χ2v) is 4.62. The van der Waals surface area contributed by atoms with Gasteiger partial charge in [-0.2, -0.15) is 0 Å². The van der Waals surface area contributed by atoms with E-state index in [2.05, 4.69) is 0 Å². The van der Waals surface area contributed by atoms with Crippen molar-refractivity contribution < 1.29 is 0 Å². The molecule has 2 heteroatoms. The molecule has 0 bridgehead atoms. The molecule has 0 atom stereocenters. The Bertz CT molecular complexity index is 424. The molecule has 0 amide bonds. The summed E-state index contributed by atoms with van der Waals surface area (Å²) < 4.78 is 0. The van der Waals surface area contributed by atoms with Crippen LogP contribution in [-0.2, 0) is 0 Å². The van der Waals surface area contributed by atoms with E-state index >= 15 is 0 Å². The molecular formula is C24H24K2. The van der Waals surface area contributed by atoms with Crippen LogP contribution in [0.3, 0.4) is 0 Å². The van der Waals surface area contributed by atoms with Crippen LogP contribution in [0.4, 0.5) is 0 Å². The van der Waals surface area contributed by atoms with Crippen molar-refractivity contribution in [3.05, 3.63) is 146 Å². The molecule has 0 nitrogen and oxygen atoms in total. The van der Waals surface area contributed by atoms with Gasteiger partial charge in [0.15, 0.2) is 0 Å². The van der Waals surface area contributed by atoms with E-state index in [4.69, 9.17) is 0 Å². The van der Waals surface area contributed by atoms with Gasteiger partial charge >= 0.3 is 0 Å². The summed E-state index contributed by atoms with van der Waals surface area (Å²) in [6, 6.07) is 48.0. The zero-order valence-electron chi connectivity index (χ0n) is 15.9. The molecule has 0 aliphatic carbocycles. The SMILES string of the molecule is [K].[K].c1ccccc1.c1ccccc1.c1ccccc1.c1ccccc1. The Labute approximate surface area is 243 Å². The van der Waals surface area contributed by atoms with Crippen molar-refractivity contribution in [3.63, 3.8) is 0 Å². The smallest absolute Gasteiger partial charge is 0 e. The van der Waals surface area contributed by atoms with Crippen LogP contribution < -0.4 is 0 Å². The topological polar surface area (TPSA) is 0 Å². The van der Waals surface area contributed by atoms with Crippen LogP contribution in [-0.4, -0.2) is 103 Å². The predicted octanol–water partition coefficient (Wildman–Crippen LogP) is 5.98. The largest absolute Gasteiger partial charge is 0.0623 e. The normalized spacial score (nSPS) is 7.38. The van der Waals surface area contributed by atoms with Crippen molar-refractivity contribution in [1.82, 2.24) is 0 Å². The van der Waals surface area contributed by atoms with Gasteiger partial charge in [-0.1, -0.05) is 146 Å². The third-order valence-corrected chi connectivity index (χ3v) is 2.67. The Morgan fingerprint density at radius 3 is 0.192 bits per heavy atom. The number of benzene rings is 4. The third kappa shape index (κ3) is 22.2. The molecule has 0 saturated heterocycles. The van der Waals surface area contributed by atoms with Crippen molar-refractivity contribution in [1.29, 1.82) is 0 Å². The average Bonchev–Trinajstić information content (AvgIpc) is 2.75. The van der Waals surface area contributed by atoms with E-state index in [-0.39, 0.29) is 103 Å². The summed E-state index contributed by atoms with van der Waals surface area (Å²) in [5.41, 5.74) is 0. The molecule has 2 radical (unpaired) electrons. The van der Waals surface area contributed by atoms with E-state index < -0.39 is 0 Å². The van der Waals surface area contributed by atoms with Crippen LogP contribution in [0, 0.1) is 0 Å². The predicted molar refractivity (Wildman–Crippen MR) is 117 cm³/mol. The van der Waals surface area contributed by atoms with Crippen LogP contribution in [0.1, 0.15) is 0 Å². The maximum Gasteiger partial charge on any atom is 0 e. The summed E-state index contributed by atoms with van der Waals surface area (Å²) in [7, 11) is 0. The molecule has 26 heavy (non-hydrogen) atoms. The molecule has 0 fully saturated rings. The second-order valence-electron chi connectivity index (χ2n) is 4.62. The number of hydrogen-bond acceptors (Lipinski definition) is 0. The van der Waals surface area contributed by atoms with Crippen LogP contribution in [0.2, 0.25) is 0 Å². The van der Waals surface area contributed by atoms with Gasteiger partial charge in [0.2, 0.25) is 0 Å². The van der Waals surface area contributed by atoms with E-state index in [1.165, 1.54) is 0 Å². The fourth-order valence-corrected chi connectivity index (χ4v) is 1.54. The van der Waals surface area contributed by atoms with Gasteiger partial charge in [-0.3, -0.25) is 0 Å². The summed E-state index contributed by atoms with van der Waals surface area (Å²) in [4.78, 5) is 0. The van der Waals surface area contributed by atoms with Gasteiger partial charge in [0.25, 0.3) is 0 Å². The van der Waals surface area contributed by atoms with Crippen molar-refractivity contribution in [2.24, 2.45) is 0 Å². The minimum atomic E-state index is 0. The molecule has 0 aliphatic rings. The summed E-state index contributed by atoms with van der Waals surface area (Å²) in [5.74, 6) is 0. The minimum absolute atomic E-state index is 0. The van der Waals surface area contributed by atoms with Gasteiger partial charge in [-0.15, -0.1) is 0 Å². The van der Waals surface area contributed by atoms with Gasteiger partial charge in [0.1, 0.15) is 0 Å². The molecule has 4 aromatic carbocycles. The van der Waals surface area contributed by atoms with E-state index in [1.807, 2.05) is 146 Å². The van der Waals surface area contributed by atoms with Crippen molar-refractivity contribution in [2.75, 3.05) is 0 Å². The zero-order chi connectivity index (χ0) is 17.0. The molecule has 0 aliphatic heterocycles. The Morgan fingerprint density at radius 2 is 0.154 bits per heavy atom. The van der Waals surface area contributed by atoms with Crippen LogP contribution in [0.25, 0.3) is 0 Å². The minimum Gasteiger partial charge on any atom is -0.0623 e. The van der Waals surface area contributed by atoms with E-state index in [0.29, 0.717) is 0 Å². The van der Waals surface area contributed by atoms with Crippen LogP contribution in [0.15, 0.2) is 146 Å². The third-order valence-electron chi connectivity index (χ3n) is 2.67. The van der Waals surface area contributed by atoms with Gasteiger partial charge in [0.05, 0.1) is 0 Å². The number of hydrogen-bond donors (Lipinski definition) is 0. The quantitative estimate of drug-likeness (QED) is 0.324. The summed E-state index contributed by atoms with van der Waals surface area (Å²) >= 11 is 0. The van der Waals surface area contributed by atoms with Gasteiger partial charge in [-0.25, -0.2) is 0 Å². The first kappa shape index (κ1) is 28.4. The molecule has 0 saturated carbocycles. The first-order valence-electron chi connectivity index (χ1n) is 8.00. The monoisotopic (exact) mass is 390 g/mol. The van der Waals surface area contributed by atoms with Crippen molar-refractivity contribution in [3.8, 4) is 0 Å². The molecule has 0 spiro atoms. The van der Waals surface area contributed by atoms with E-state index in [9.17, 15) is 0 Å². The molecule has 0 aromatic heterocycles. The van der Waals surface area contributed by atoms with Gasteiger partial charge in [-0.05, 0) is 0 Å². The Balaban J connectivity index is 0. The molecule has 122 valence electrons. The van der Waals surface area contributed by atoms with E-state index in [0.717, 1.165) is 0 Å².